The number of likely N-dealkylation sites (N-methyl/N-ethyl adjacent to an activating group) is 1. The Kier molecular flexibility index (Phi) is 7.11. The first-order valence-electron chi connectivity index (χ1n) is 9.39. The number of amides is 2. The molecule has 0 unspecified atom stereocenters. The molecule has 9 heteroatoms. The molecule has 1 aliphatic carbocycles. The molecular weight excluding hydrogens is 365 g/mol. The number of hydrogen-bond acceptors (Lipinski definition) is 3. The van der Waals surface area contributed by atoms with Crippen LogP contribution in [0.25, 0.3) is 0 Å². The lowest BCUT2D eigenvalue weighted by Crippen LogP contribution is -2.45. The first kappa shape index (κ1) is 21.5. The van der Waals surface area contributed by atoms with Crippen LogP contribution in [0.15, 0.2) is 0 Å². The van der Waals surface area contributed by atoms with Gasteiger partial charge in [0.1, 0.15) is 0 Å². The minimum absolute atomic E-state index is 0.0581. The van der Waals surface area contributed by atoms with E-state index in [9.17, 15) is 27.6 Å². The van der Waals surface area contributed by atoms with Gasteiger partial charge in [-0.25, -0.2) is 0 Å². The predicted octanol–water partition coefficient (Wildman–Crippen LogP) is 2.53. The molecule has 0 bridgehead atoms. The van der Waals surface area contributed by atoms with Crippen LogP contribution in [0, 0.1) is 17.8 Å². The molecule has 27 heavy (non-hydrogen) atoms. The standard InChI is InChI=1S/C18H27F3N2O4/c1-22(11-16(25)23-8-6-13(7-9-23)17(26)27)15(24)10-12-2-4-14(5-3-12)18(19,20)21/h12-14H,2-11H2,1H3,(H,26,27). The van der Waals surface area contributed by atoms with Gasteiger partial charge in [0.15, 0.2) is 0 Å². The van der Waals surface area contributed by atoms with E-state index in [1.165, 1.54) is 11.9 Å². The van der Waals surface area contributed by atoms with E-state index in [1.54, 1.807) is 4.90 Å². The minimum atomic E-state index is -4.16. The number of rotatable bonds is 5. The predicted molar refractivity (Wildman–Crippen MR) is 90.7 cm³/mol. The van der Waals surface area contributed by atoms with Crippen molar-refractivity contribution in [1.29, 1.82) is 0 Å². The SMILES string of the molecule is CN(CC(=O)N1CCC(C(=O)O)CC1)C(=O)CC1CCC(C(F)(F)F)CC1. The Labute approximate surface area is 156 Å². The van der Waals surface area contributed by atoms with Crippen molar-refractivity contribution < 1.29 is 32.7 Å². The Morgan fingerprint density at radius 1 is 1.04 bits per heavy atom. The summed E-state index contributed by atoms with van der Waals surface area (Å²) < 4.78 is 38.1. The van der Waals surface area contributed by atoms with Crippen LogP contribution in [0.3, 0.4) is 0 Å². The van der Waals surface area contributed by atoms with E-state index in [2.05, 4.69) is 0 Å². The molecule has 0 aromatic carbocycles. The quantitative estimate of drug-likeness (QED) is 0.780. The molecule has 2 fully saturated rings. The molecule has 1 saturated carbocycles. The lowest BCUT2D eigenvalue weighted by molar-refractivity contribution is -0.184. The van der Waals surface area contributed by atoms with E-state index in [4.69, 9.17) is 5.11 Å². The summed E-state index contributed by atoms with van der Waals surface area (Å²) in [6, 6.07) is 0. The van der Waals surface area contributed by atoms with E-state index >= 15 is 0 Å². The van der Waals surface area contributed by atoms with Crippen LogP contribution < -0.4 is 0 Å². The molecule has 2 aliphatic rings. The summed E-state index contributed by atoms with van der Waals surface area (Å²) in [4.78, 5) is 38.4. The van der Waals surface area contributed by atoms with Gasteiger partial charge in [-0.05, 0) is 44.4 Å². The van der Waals surface area contributed by atoms with Crippen molar-refractivity contribution in [2.24, 2.45) is 17.8 Å². The van der Waals surface area contributed by atoms with Gasteiger partial charge in [0.05, 0.1) is 18.4 Å². The molecule has 0 aromatic heterocycles. The maximum absolute atomic E-state index is 12.7. The highest BCUT2D eigenvalue weighted by Gasteiger charge is 2.41. The Hall–Kier alpha value is -1.80. The van der Waals surface area contributed by atoms with E-state index in [1.807, 2.05) is 0 Å². The number of carboxylic acid groups (broad SMARTS) is 1. The zero-order valence-corrected chi connectivity index (χ0v) is 15.5. The fourth-order valence-electron chi connectivity index (χ4n) is 3.86. The lowest BCUT2D eigenvalue weighted by atomic mass is 9.80. The van der Waals surface area contributed by atoms with E-state index in [0.717, 1.165) is 0 Å². The van der Waals surface area contributed by atoms with Gasteiger partial charge in [-0.15, -0.1) is 0 Å². The highest BCUT2D eigenvalue weighted by molar-refractivity contribution is 5.85. The summed E-state index contributed by atoms with van der Waals surface area (Å²) in [6.45, 7) is 0.632. The van der Waals surface area contributed by atoms with Crippen molar-refractivity contribution >= 4 is 17.8 Å². The first-order chi connectivity index (χ1) is 12.6. The van der Waals surface area contributed by atoms with E-state index in [-0.39, 0.29) is 43.5 Å². The van der Waals surface area contributed by atoms with Crippen LogP contribution in [0.4, 0.5) is 13.2 Å². The molecule has 0 spiro atoms. The number of halogens is 3. The van der Waals surface area contributed by atoms with E-state index < -0.39 is 24.0 Å². The molecule has 1 heterocycles. The number of alkyl halides is 3. The van der Waals surface area contributed by atoms with Crippen LogP contribution in [0.5, 0.6) is 0 Å². The van der Waals surface area contributed by atoms with Gasteiger partial charge < -0.3 is 14.9 Å². The Balaban J connectivity index is 1.73. The fourth-order valence-corrected chi connectivity index (χ4v) is 3.86. The number of nitrogens with zero attached hydrogens (tertiary/aromatic N) is 2. The second-order valence-corrected chi connectivity index (χ2v) is 7.71. The number of carboxylic acids is 1. The highest BCUT2D eigenvalue weighted by Crippen LogP contribution is 2.40. The minimum Gasteiger partial charge on any atom is -0.481 e. The largest absolute Gasteiger partial charge is 0.481 e. The summed E-state index contributed by atoms with van der Waals surface area (Å²) in [5.74, 6) is -3.08. The molecule has 1 aliphatic heterocycles. The summed E-state index contributed by atoms with van der Waals surface area (Å²) in [5, 5.41) is 8.98. The van der Waals surface area contributed by atoms with Gasteiger partial charge in [0, 0.05) is 26.6 Å². The molecule has 2 amide bonds. The summed E-state index contributed by atoms with van der Waals surface area (Å²) in [7, 11) is 1.52. The molecule has 2 rings (SSSR count). The van der Waals surface area contributed by atoms with Crippen LogP contribution in [0.1, 0.15) is 44.9 Å². The van der Waals surface area contributed by atoms with Gasteiger partial charge in [0.2, 0.25) is 11.8 Å². The monoisotopic (exact) mass is 392 g/mol. The van der Waals surface area contributed by atoms with Gasteiger partial charge >= 0.3 is 12.1 Å². The van der Waals surface area contributed by atoms with Crippen LogP contribution in [-0.4, -0.2) is 65.5 Å². The average Bonchev–Trinajstić information content (AvgIpc) is 2.61. The molecule has 1 saturated heterocycles. The van der Waals surface area contributed by atoms with Crippen molar-refractivity contribution in [1.82, 2.24) is 9.80 Å². The van der Waals surface area contributed by atoms with Crippen molar-refractivity contribution in [3.8, 4) is 0 Å². The molecular formula is C18H27F3N2O4. The van der Waals surface area contributed by atoms with Gasteiger partial charge in [-0.3, -0.25) is 14.4 Å². The zero-order chi connectivity index (χ0) is 20.2. The molecule has 154 valence electrons. The highest BCUT2D eigenvalue weighted by atomic mass is 19.4. The van der Waals surface area contributed by atoms with Crippen molar-refractivity contribution in [3.05, 3.63) is 0 Å². The van der Waals surface area contributed by atoms with Crippen LogP contribution in [0.2, 0.25) is 0 Å². The maximum Gasteiger partial charge on any atom is 0.391 e. The zero-order valence-electron chi connectivity index (χ0n) is 15.5. The number of piperidine rings is 1. The third-order valence-electron chi connectivity index (χ3n) is 5.77. The van der Waals surface area contributed by atoms with Crippen molar-refractivity contribution in [2.45, 2.75) is 51.1 Å². The van der Waals surface area contributed by atoms with Crippen LogP contribution in [-0.2, 0) is 14.4 Å². The number of aliphatic carboxylic acids is 1. The third kappa shape index (κ3) is 6.10. The molecule has 6 nitrogen and oxygen atoms in total. The number of carbonyl (C=O) groups is 3. The topological polar surface area (TPSA) is 77.9 Å². The average molecular weight is 392 g/mol. The molecule has 1 N–H and O–H groups in total. The fraction of sp³-hybridized carbons (Fsp3) is 0.833. The summed E-state index contributed by atoms with van der Waals surface area (Å²) in [5.41, 5.74) is 0. The summed E-state index contributed by atoms with van der Waals surface area (Å²) >= 11 is 0. The van der Waals surface area contributed by atoms with Gasteiger partial charge in [0.25, 0.3) is 0 Å². The van der Waals surface area contributed by atoms with Gasteiger partial charge in [-0.1, -0.05) is 0 Å². The smallest absolute Gasteiger partial charge is 0.391 e. The van der Waals surface area contributed by atoms with E-state index in [0.29, 0.717) is 38.8 Å². The second kappa shape index (κ2) is 8.93. The summed E-state index contributed by atoms with van der Waals surface area (Å²) in [6.07, 6.45) is -2.32. The second-order valence-electron chi connectivity index (χ2n) is 7.71. The van der Waals surface area contributed by atoms with Crippen molar-refractivity contribution in [2.75, 3.05) is 26.7 Å². The Morgan fingerprint density at radius 3 is 2.07 bits per heavy atom. The molecule has 0 radical (unpaired) electrons. The van der Waals surface area contributed by atoms with Crippen LogP contribution >= 0.6 is 0 Å². The lowest BCUT2D eigenvalue weighted by Gasteiger charge is -2.32. The maximum atomic E-state index is 12.7. The number of carbonyl (C=O) groups excluding carboxylic acids is 2. The number of hydrogen-bond donors (Lipinski definition) is 1. The third-order valence-corrected chi connectivity index (χ3v) is 5.77. The number of likely N-dealkylation sites (tertiary alicyclic amines) is 1. The molecule has 0 atom stereocenters. The van der Waals surface area contributed by atoms with Gasteiger partial charge in [-0.2, -0.15) is 13.2 Å². The molecule has 0 aromatic rings. The Bertz CT molecular complexity index is 551. The first-order valence-corrected chi connectivity index (χ1v) is 9.39. The normalized spacial score (nSPS) is 24.5. The van der Waals surface area contributed by atoms with Crippen molar-refractivity contribution in [3.63, 3.8) is 0 Å². The Morgan fingerprint density at radius 2 is 1.59 bits per heavy atom.